The fraction of sp³-hybridized carbons (Fsp3) is 0.600. The first-order valence-corrected chi connectivity index (χ1v) is 6.88. The third-order valence-electron chi connectivity index (χ3n) is 3.91. The van der Waals surface area contributed by atoms with Crippen LogP contribution in [0.1, 0.15) is 31.7 Å². The van der Waals surface area contributed by atoms with Gasteiger partial charge >= 0.3 is 0 Å². The third-order valence-corrected chi connectivity index (χ3v) is 3.91. The zero-order valence-electron chi connectivity index (χ0n) is 11.7. The van der Waals surface area contributed by atoms with Gasteiger partial charge in [0, 0.05) is 18.7 Å². The second-order valence-corrected chi connectivity index (χ2v) is 5.20. The van der Waals surface area contributed by atoms with E-state index in [1.165, 1.54) is 7.11 Å². The van der Waals surface area contributed by atoms with Crippen LogP contribution in [-0.2, 0) is 5.60 Å². The van der Waals surface area contributed by atoms with Crippen LogP contribution in [0, 0.1) is 5.82 Å². The van der Waals surface area contributed by atoms with E-state index < -0.39 is 11.4 Å². The van der Waals surface area contributed by atoms with Crippen LogP contribution in [0.25, 0.3) is 0 Å². The largest absolute Gasteiger partial charge is 0.494 e. The van der Waals surface area contributed by atoms with Gasteiger partial charge < -0.3 is 14.7 Å². The summed E-state index contributed by atoms with van der Waals surface area (Å²) in [6.07, 6.45) is 2.24. The lowest BCUT2D eigenvalue weighted by Gasteiger charge is -2.38. The van der Waals surface area contributed by atoms with Crippen molar-refractivity contribution in [2.45, 2.75) is 31.8 Å². The van der Waals surface area contributed by atoms with Crippen molar-refractivity contribution in [1.29, 1.82) is 0 Å². The van der Waals surface area contributed by atoms with E-state index in [0.29, 0.717) is 18.4 Å². The minimum absolute atomic E-state index is 0.196. The van der Waals surface area contributed by atoms with E-state index in [9.17, 15) is 9.50 Å². The lowest BCUT2D eigenvalue weighted by molar-refractivity contribution is -0.0286. The van der Waals surface area contributed by atoms with Crippen molar-refractivity contribution in [2.75, 3.05) is 26.7 Å². The number of methoxy groups -OCH3 is 1. The molecule has 0 unspecified atom stereocenters. The van der Waals surface area contributed by atoms with Gasteiger partial charge in [-0.3, -0.25) is 0 Å². The number of hydrogen-bond acceptors (Lipinski definition) is 3. The Hall–Kier alpha value is -1.13. The molecule has 0 aliphatic carbocycles. The van der Waals surface area contributed by atoms with Crippen LogP contribution >= 0.6 is 0 Å². The molecule has 0 aromatic heterocycles. The molecule has 0 radical (unpaired) electrons. The first-order valence-electron chi connectivity index (χ1n) is 6.88. The van der Waals surface area contributed by atoms with Crippen LogP contribution in [0.15, 0.2) is 18.2 Å². The summed E-state index contributed by atoms with van der Waals surface area (Å²) in [5.41, 5.74) is -0.703. The minimum Gasteiger partial charge on any atom is -0.494 e. The molecule has 1 aliphatic rings. The van der Waals surface area contributed by atoms with E-state index >= 15 is 0 Å². The lowest BCUT2D eigenvalue weighted by Crippen LogP contribution is -2.43. The number of benzene rings is 1. The number of aliphatic hydroxyl groups is 1. The summed E-state index contributed by atoms with van der Waals surface area (Å²) >= 11 is 0. The molecule has 1 fully saturated rings. The van der Waals surface area contributed by atoms with Crippen LogP contribution in [-0.4, -0.2) is 36.8 Å². The van der Waals surface area contributed by atoms with Gasteiger partial charge in [-0.1, -0.05) is 19.1 Å². The highest BCUT2D eigenvalue weighted by molar-refractivity contribution is 5.35. The molecule has 0 atom stereocenters. The minimum atomic E-state index is -1.07. The maximum Gasteiger partial charge on any atom is 0.171 e. The monoisotopic (exact) mass is 267 g/mol. The summed E-state index contributed by atoms with van der Waals surface area (Å²) in [6, 6.07) is 4.97. The van der Waals surface area contributed by atoms with Gasteiger partial charge in [-0.2, -0.15) is 0 Å². The fourth-order valence-electron chi connectivity index (χ4n) is 2.76. The first-order chi connectivity index (χ1) is 9.10. The van der Waals surface area contributed by atoms with Gasteiger partial charge in [0.1, 0.15) is 0 Å². The van der Waals surface area contributed by atoms with Gasteiger partial charge in [0.15, 0.2) is 11.6 Å². The van der Waals surface area contributed by atoms with Crippen molar-refractivity contribution in [3.63, 3.8) is 0 Å². The molecule has 2 rings (SSSR count). The number of piperidine rings is 1. The summed E-state index contributed by atoms with van der Waals surface area (Å²) in [5, 5.41) is 10.7. The van der Waals surface area contributed by atoms with E-state index in [1.807, 2.05) is 0 Å². The SMILES string of the molecule is CCCN1CCC(O)(c2cccc(OC)c2F)CC1. The summed E-state index contributed by atoms with van der Waals surface area (Å²) in [7, 11) is 1.44. The molecule has 0 saturated carbocycles. The normalized spacial score (nSPS) is 19.4. The second kappa shape index (κ2) is 5.88. The summed E-state index contributed by atoms with van der Waals surface area (Å²) in [5.74, 6) is -0.238. The first kappa shape index (κ1) is 14.3. The Balaban J connectivity index is 2.18. The molecule has 1 heterocycles. The summed E-state index contributed by atoms with van der Waals surface area (Å²) < 4.78 is 19.2. The average molecular weight is 267 g/mol. The maximum absolute atomic E-state index is 14.2. The Morgan fingerprint density at radius 3 is 2.63 bits per heavy atom. The summed E-state index contributed by atoms with van der Waals surface area (Å²) in [4.78, 5) is 2.31. The predicted molar refractivity (Wildman–Crippen MR) is 72.8 cm³/mol. The molecule has 0 spiro atoms. The molecule has 0 amide bonds. The van der Waals surface area contributed by atoms with E-state index in [4.69, 9.17) is 4.74 Å². The standard InChI is InChI=1S/C15H22FNO2/c1-3-9-17-10-7-15(18,8-11-17)12-5-4-6-13(19-2)14(12)16/h4-6,18H,3,7-11H2,1-2H3. The molecule has 0 bridgehead atoms. The highest BCUT2D eigenvalue weighted by atomic mass is 19.1. The molecule has 1 aromatic carbocycles. The van der Waals surface area contributed by atoms with E-state index in [0.717, 1.165) is 26.1 Å². The zero-order chi connectivity index (χ0) is 13.9. The molecular weight excluding hydrogens is 245 g/mol. The molecule has 19 heavy (non-hydrogen) atoms. The molecule has 3 nitrogen and oxygen atoms in total. The zero-order valence-corrected chi connectivity index (χ0v) is 11.7. The average Bonchev–Trinajstić information content (AvgIpc) is 2.42. The lowest BCUT2D eigenvalue weighted by atomic mass is 9.84. The van der Waals surface area contributed by atoms with Crippen molar-refractivity contribution < 1.29 is 14.2 Å². The molecular formula is C15H22FNO2. The molecule has 1 saturated heterocycles. The third kappa shape index (κ3) is 2.90. The van der Waals surface area contributed by atoms with Crippen LogP contribution in [0.3, 0.4) is 0 Å². The number of likely N-dealkylation sites (tertiary alicyclic amines) is 1. The van der Waals surface area contributed by atoms with Gasteiger partial charge in [0.2, 0.25) is 0 Å². The maximum atomic E-state index is 14.2. The fourth-order valence-corrected chi connectivity index (χ4v) is 2.76. The van der Waals surface area contributed by atoms with E-state index in [-0.39, 0.29) is 5.75 Å². The van der Waals surface area contributed by atoms with Gasteiger partial charge in [0.05, 0.1) is 12.7 Å². The summed E-state index contributed by atoms with van der Waals surface area (Å²) in [6.45, 7) is 4.79. The number of rotatable bonds is 4. The van der Waals surface area contributed by atoms with Gasteiger partial charge in [-0.05, 0) is 31.9 Å². The van der Waals surface area contributed by atoms with E-state index in [1.54, 1.807) is 18.2 Å². The predicted octanol–water partition coefficient (Wildman–Crippen LogP) is 2.53. The number of ether oxygens (including phenoxy) is 1. The van der Waals surface area contributed by atoms with Crippen LogP contribution < -0.4 is 4.74 Å². The topological polar surface area (TPSA) is 32.7 Å². The van der Waals surface area contributed by atoms with Crippen LogP contribution in [0.2, 0.25) is 0 Å². The second-order valence-electron chi connectivity index (χ2n) is 5.20. The van der Waals surface area contributed by atoms with Crippen molar-refractivity contribution in [3.8, 4) is 5.75 Å². The molecule has 1 aliphatic heterocycles. The van der Waals surface area contributed by atoms with Crippen molar-refractivity contribution >= 4 is 0 Å². The number of halogens is 1. The van der Waals surface area contributed by atoms with Gasteiger partial charge in [-0.25, -0.2) is 4.39 Å². The highest BCUT2D eigenvalue weighted by Crippen LogP contribution is 2.36. The van der Waals surface area contributed by atoms with Gasteiger partial charge in [-0.15, -0.1) is 0 Å². The highest BCUT2D eigenvalue weighted by Gasteiger charge is 2.36. The Morgan fingerprint density at radius 2 is 2.05 bits per heavy atom. The Morgan fingerprint density at radius 1 is 1.37 bits per heavy atom. The van der Waals surface area contributed by atoms with Crippen LogP contribution in [0.4, 0.5) is 4.39 Å². The Labute approximate surface area is 114 Å². The molecule has 106 valence electrons. The van der Waals surface area contributed by atoms with E-state index in [2.05, 4.69) is 11.8 Å². The Bertz CT molecular complexity index is 428. The smallest absolute Gasteiger partial charge is 0.171 e. The molecule has 1 N–H and O–H groups in total. The number of hydrogen-bond donors (Lipinski definition) is 1. The van der Waals surface area contributed by atoms with Crippen molar-refractivity contribution in [2.24, 2.45) is 0 Å². The van der Waals surface area contributed by atoms with Gasteiger partial charge in [0.25, 0.3) is 0 Å². The quantitative estimate of drug-likeness (QED) is 0.910. The molecule has 4 heteroatoms. The Kier molecular flexibility index (Phi) is 4.42. The van der Waals surface area contributed by atoms with Crippen molar-refractivity contribution in [1.82, 2.24) is 4.90 Å². The number of nitrogens with zero attached hydrogens (tertiary/aromatic N) is 1. The molecule has 1 aromatic rings. The van der Waals surface area contributed by atoms with Crippen molar-refractivity contribution in [3.05, 3.63) is 29.6 Å². The van der Waals surface area contributed by atoms with Crippen LogP contribution in [0.5, 0.6) is 5.75 Å².